The van der Waals surface area contributed by atoms with E-state index in [1.54, 1.807) is 6.92 Å². The van der Waals surface area contributed by atoms with Crippen LogP contribution in [0, 0.1) is 18.6 Å². The summed E-state index contributed by atoms with van der Waals surface area (Å²) >= 11 is 0. The number of aromatic carboxylic acids is 1. The third kappa shape index (κ3) is 2.32. The monoisotopic (exact) mass is 279 g/mol. The molecule has 0 saturated heterocycles. The van der Waals surface area contributed by atoms with E-state index in [9.17, 15) is 13.6 Å². The molecule has 2 rings (SSSR count). The van der Waals surface area contributed by atoms with Crippen molar-refractivity contribution in [3.05, 3.63) is 47.3 Å². The van der Waals surface area contributed by atoms with Gasteiger partial charge in [-0.2, -0.15) is 0 Å². The Labute approximate surface area is 113 Å². The van der Waals surface area contributed by atoms with E-state index < -0.39 is 17.6 Å². The Kier molecular flexibility index (Phi) is 3.65. The van der Waals surface area contributed by atoms with Crippen LogP contribution in [0.5, 0.6) is 5.75 Å². The Morgan fingerprint density at radius 2 is 2.05 bits per heavy atom. The number of hydrogen-bond donors (Lipinski definition) is 1. The van der Waals surface area contributed by atoms with Crippen LogP contribution in [-0.4, -0.2) is 23.2 Å². The zero-order valence-electron chi connectivity index (χ0n) is 10.8. The third-order valence-electron chi connectivity index (χ3n) is 2.82. The second-order valence-electron chi connectivity index (χ2n) is 4.12. The first-order valence-electron chi connectivity index (χ1n) is 5.68. The Morgan fingerprint density at radius 3 is 2.65 bits per heavy atom. The van der Waals surface area contributed by atoms with Crippen molar-refractivity contribution in [1.29, 1.82) is 0 Å². The molecule has 104 valence electrons. The number of methoxy groups -OCH3 is 1. The van der Waals surface area contributed by atoms with E-state index in [-0.39, 0.29) is 22.4 Å². The largest absolute Gasteiger partial charge is 0.496 e. The Bertz CT molecular complexity index is 686. The first kappa shape index (κ1) is 13.9. The molecule has 1 aromatic heterocycles. The number of rotatable bonds is 3. The fourth-order valence-electron chi connectivity index (χ4n) is 1.89. The number of hydrogen-bond acceptors (Lipinski definition) is 3. The predicted molar refractivity (Wildman–Crippen MR) is 67.8 cm³/mol. The van der Waals surface area contributed by atoms with Crippen LogP contribution in [0.4, 0.5) is 8.78 Å². The van der Waals surface area contributed by atoms with Gasteiger partial charge in [0.2, 0.25) is 0 Å². The van der Waals surface area contributed by atoms with Crippen LogP contribution >= 0.6 is 0 Å². The lowest BCUT2D eigenvalue weighted by Gasteiger charge is -2.13. The molecule has 0 aliphatic carbocycles. The van der Waals surface area contributed by atoms with Gasteiger partial charge < -0.3 is 9.84 Å². The van der Waals surface area contributed by atoms with Crippen molar-refractivity contribution in [2.75, 3.05) is 7.11 Å². The van der Waals surface area contributed by atoms with Gasteiger partial charge in [-0.15, -0.1) is 0 Å². The Hall–Kier alpha value is -2.50. The van der Waals surface area contributed by atoms with E-state index >= 15 is 0 Å². The number of carboxylic acids is 1. The molecule has 20 heavy (non-hydrogen) atoms. The number of nitrogens with zero attached hydrogens (tertiary/aromatic N) is 1. The van der Waals surface area contributed by atoms with E-state index in [1.165, 1.54) is 19.2 Å². The molecule has 0 aliphatic rings. The summed E-state index contributed by atoms with van der Waals surface area (Å²) in [6, 6.07) is 3.55. The molecule has 0 fully saturated rings. The van der Waals surface area contributed by atoms with Gasteiger partial charge in [-0.25, -0.2) is 13.6 Å². The summed E-state index contributed by atoms with van der Waals surface area (Å²) in [6.07, 6.45) is 1.11. The average Bonchev–Trinajstić information content (AvgIpc) is 2.41. The number of ether oxygens (including phenoxy) is 1. The number of halogens is 2. The van der Waals surface area contributed by atoms with E-state index in [4.69, 9.17) is 9.84 Å². The standard InChI is InChI=1S/C14H11F2NO3/c1-7-5-8(9(6-17-7)14(18)19)12-11(20-2)4-3-10(15)13(12)16/h3-6H,1-2H3,(H,18,19). The maximum absolute atomic E-state index is 14.0. The lowest BCUT2D eigenvalue weighted by Crippen LogP contribution is -2.04. The molecule has 0 radical (unpaired) electrons. The Morgan fingerprint density at radius 1 is 1.35 bits per heavy atom. The van der Waals surface area contributed by atoms with Gasteiger partial charge in [-0.1, -0.05) is 0 Å². The molecule has 0 atom stereocenters. The topological polar surface area (TPSA) is 59.4 Å². The van der Waals surface area contributed by atoms with Gasteiger partial charge in [-0.05, 0) is 25.1 Å². The van der Waals surface area contributed by atoms with Gasteiger partial charge in [-0.3, -0.25) is 4.98 Å². The quantitative estimate of drug-likeness (QED) is 0.938. The molecular formula is C14H11F2NO3. The molecule has 1 heterocycles. The number of aryl methyl sites for hydroxylation is 1. The van der Waals surface area contributed by atoms with E-state index in [0.717, 1.165) is 12.3 Å². The summed E-state index contributed by atoms with van der Waals surface area (Å²) in [7, 11) is 1.30. The molecule has 0 aliphatic heterocycles. The van der Waals surface area contributed by atoms with Gasteiger partial charge in [0.05, 0.1) is 18.2 Å². The molecule has 0 bridgehead atoms. The lowest BCUT2D eigenvalue weighted by molar-refractivity contribution is 0.0697. The molecule has 4 nitrogen and oxygen atoms in total. The van der Waals surface area contributed by atoms with Crippen molar-refractivity contribution in [3.63, 3.8) is 0 Å². The molecule has 1 aromatic carbocycles. The van der Waals surface area contributed by atoms with Gasteiger partial charge in [0.1, 0.15) is 5.75 Å². The molecule has 0 amide bonds. The van der Waals surface area contributed by atoms with Crippen LogP contribution in [0.25, 0.3) is 11.1 Å². The molecule has 2 aromatic rings. The molecule has 6 heteroatoms. The summed E-state index contributed by atoms with van der Waals surface area (Å²) in [6.45, 7) is 1.62. The van der Waals surface area contributed by atoms with Crippen LogP contribution in [0.2, 0.25) is 0 Å². The Balaban J connectivity index is 2.83. The minimum Gasteiger partial charge on any atom is -0.496 e. The first-order valence-corrected chi connectivity index (χ1v) is 5.68. The third-order valence-corrected chi connectivity index (χ3v) is 2.82. The van der Waals surface area contributed by atoms with Crippen LogP contribution in [0.15, 0.2) is 24.4 Å². The normalized spacial score (nSPS) is 10.4. The minimum atomic E-state index is -1.28. The second kappa shape index (κ2) is 5.24. The molecule has 0 unspecified atom stereocenters. The van der Waals surface area contributed by atoms with Crippen LogP contribution in [0.1, 0.15) is 16.1 Å². The highest BCUT2D eigenvalue weighted by Gasteiger charge is 2.22. The summed E-state index contributed by atoms with van der Waals surface area (Å²) in [5, 5.41) is 9.14. The highest BCUT2D eigenvalue weighted by Crippen LogP contribution is 2.36. The van der Waals surface area contributed by atoms with E-state index in [2.05, 4.69) is 4.98 Å². The second-order valence-corrected chi connectivity index (χ2v) is 4.12. The zero-order chi connectivity index (χ0) is 14.9. The zero-order valence-corrected chi connectivity index (χ0v) is 10.8. The van der Waals surface area contributed by atoms with Crippen molar-refractivity contribution in [2.45, 2.75) is 6.92 Å². The van der Waals surface area contributed by atoms with Crippen molar-refractivity contribution < 1.29 is 23.4 Å². The van der Waals surface area contributed by atoms with Gasteiger partial charge in [0, 0.05) is 17.5 Å². The number of carbonyl (C=O) groups is 1. The number of carboxylic acid groups (broad SMARTS) is 1. The van der Waals surface area contributed by atoms with Crippen molar-refractivity contribution in [2.24, 2.45) is 0 Å². The summed E-state index contributed by atoms with van der Waals surface area (Å²) in [5.41, 5.74) is 0.0587. The SMILES string of the molecule is COc1ccc(F)c(F)c1-c1cc(C)ncc1C(=O)O. The van der Waals surface area contributed by atoms with Gasteiger partial charge >= 0.3 is 5.97 Å². The number of aromatic nitrogens is 1. The maximum atomic E-state index is 14.0. The summed E-state index contributed by atoms with van der Waals surface area (Å²) < 4.78 is 32.5. The minimum absolute atomic E-state index is 0.0267. The smallest absolute Gasteiger partial charge is 0.337 e. The lowest BCUT2D eigenvalue weighted by atomic mass is 9.99. The van der Waals surface area contributed by atoms with Gasteiger partial charge in [0.25, 0.3) is 0 Å². The van der Waals surface area contributed by atoms with E-state index in [0.29, 0.717) is 5.69 Å². The average molecular weight is 279 g/mol. The van der Waals surface area contributed by atoms with Crippen molar-refractivity contribution in [3.8, 4) is 16.9 Å². The van der Waals surface area contributed by atoms with Crippen LogP contribution in [0.3, 0.4) is 0 Å². The van der Waals surface area contributed by atoms with Crippen LogP contribution in [-0.2, 0) is 0 Å². The first-order chi connectivity index (χ1) is 9.45. The van der Waals surface area contributed by atoms with Crippen molar-refractivity contribution >= 4 is 5.97 Å². The number of pyridine rings is 1. The highest BCUT2D eigenvalue weighted by atomic mass is 19.2. The molecule has 0 spiro atoms. The fraction of sp³-hybridized carbons (Fsp3) is 0.143. The summed E-state index contributed by atoms with van der Waals surface area (Å²) in [4.78, 5) is 15.1. The molecule has 0 saturated carbocycles. The molecular weight excluding hydrogens is 268 g/mol. The summed E-state index contributed by atoms with van der Waals surface area (Å²) in [5.74, 6) is -3.46. The van der Waals surface area contributed by atoms with Gasteiger partial charge in [0.15, 0.2) is 11.6 Å². The molecule has 1 N–H and O–H groups in total. The number of benzene rings is 1. The maximum Gasteiger partial charge on any atom is 0.337 e. The van der Waals surface area contributed by atoms with Crippen molar-refractivity contribution in [1.82, 2.24) is 4.98 Å². The van der Waals surface area contributed by atoms with E-state index in [1.807, 2.05) is 0 Å². The fourth-order valence-corrected chi connectivity index (χ4v) is 1.89. The van der Waals surface area contributed by atoms with Crippen LogP contribution < -0.4 is 4.74 Å². The highest BCUT2D eigenvalue weighted by molar-refractivity contribution is 5.96. The predicted octanol–water partition coefficient (Wildman–Crippen LogP) is 3.04.